The summed E-state index contributed by atoms with van der Waals surface area (Å²) in [5.74, 6) is 3.02. The van der Waals surface area contributed by atoms with Crippen LogP contribution in [0.25, 0.3) is 0 Å². The van der Waals surface area contributed by atoms with Crippen LogP contribution in [0.4, 0.5) is 5.13 Å². The summed E-state index contributed by atoms with van der Waals surface area (Å²) in [5.41, 5.74) is 9.25. The van der Waals surface area contributed by atoms with E-state index in [-0.39, 0.29) is 5.78 Å². The van der Waals surface area contributed by atoms with Crippen LogP contribution in [0.2, 0.25) is 0 Å². The van der Waals surface area contributed by atoms with Gasteiger partial charge in [-0.3, -0.25) is 9.69 Å². The van der Waals surface area contributed by atoms with Crippen molar-refractivity contribution >= 4 is 45.4 Å². The number of nitriles is 1. The number of nitrogens with two attached hydrogens (primary N) is 1. The number of rotatable bonds is 4. The van der Waals surface area contributed by atoms with Crippen molar-refractivity contribution in [1.82, 2.24) is 10.2 Å². The van der Waals surface area contributed by atoms with Crippen molar-refractivity contribution in [1.29, 1.82) is 5.26 Å². The molecule has 1 aliphatic heterocycles. The molecule has 0 fully saturated rings. The first-order chi connectivity index (χ1) is 13.7. The number of aromatic nitrogens is 2. The number of carbonyl (C=O) groups is 1. The van der Waals surface area contributed by atoms with E-state index in [1.165, 1.54) is 34.4 Å². The smallest absolute Gasteiger partial charge is 0.219 e. The average molecular weight is 426 g/mol. The Bertz CT molecular complexity index is 1070. The Morgan fingerprint density at radius 3 is 3.00 bits per heavy atom. The Labute approximate surface area is 174 Å². The molecule has 140 valence electrons. The molecule has 6 nitrogen and oxygen atoms in total. The Morgan fingerprint density at radius 2 is 2.29 bits per heavy atom. The molecule has 9 heteroatoms. The van der Waals surface area contributed by atoms with Gasteiger partial charge < -0.3 is 5.73 Å². The first-order valence-electron chi connectivity index (χ1n) is 8.53. The summed E-state index contributed by atoms with van der Waals surface area (Å²) in [6.45, 7) is 0. The van der Waals surface area contributed by atoms with Gasteiger partial charge in [0.1, 0.15) is 5.82 Å². The highest BCUT2D eigenvalue weighted by Gasteiger charge is 2.41. The standard InChI is InChI=1S/C19H15N5OS3/c1-2-7-27-19-23-22-18(28-19)24-13-4-3-5-14(25)16(13)15(11-6-8-26-10-11)12(9-20)17(24)21/h1,6,8,10,15H,3-5,7,21H2. The largest absolute Gasteiger partial charge is 0.384 e. The van der Waals surface area contributed by atoms with E-state index in [0.717, 1.165) is 22.0 Å². The zero-order valence-electron chi connectivity index (χ0n) is 14.7. The zero-order valence-corrected chi connectivity index (χ0v) is 17.2. The van der Waals surface area contributed by atoms with Crippen LogP contribution < -0.4 is 10.6 Å². The van der Waals surface area contributed by atoms with Gasteiger partial charge in [-0.1, -0.05) is 29.0 Å². The highest BCUT2D eigenvalue weighted by Crippen LogP contribution is 2.47. The molecule has 1 aliphatic carbocycles. The van der Waals surface area contributed by atoms with Crippen LogP contribution in [-0.2, 0) is 4.79 Å². The van der Waals surface area contributed by atoms with Gasteiger partial charge in [-0.05, 0) is 35.2 Å². The SMILES string of the molecule is C#CCSc1nnc(N2C(N)=C(C#N)C(c3ccsc3)C3=C2CCCC3=O)s1. The molecule has 2 aromatic heterocycles. The molecule has 0 saturated carbocycles. The van der Waals surface area contributed by atoms with Gasteiger partial charge in [0.05, 0.1) is 23.3 Å². The Hall–Kier alpha value is -2.59. The second-order valence-electron chi connectivity index (χ2n) is 6.22. The molecule has 3 heterocycles. The molecule has 0 bridgehead atoms. The molecule has 4 rings (SSSR count). The third-order valence-electron chi connectivity index (χ3n) is 4.66. The lowest BCUT2D eigenvalue weighted by atomic mass is 9.76. The molecule has 0 radical (unpaired) electrons. The maximum absolute atomic E-state index is 12.9. The number of anilines is 1. The number of allylic oxidation sites excluding steroid dienone is 3. The minimum atomic E-state index is -0.418. The summed E-state index contributed by atoms with van der Waals surface area (Å²) in [6.07, 6.45) is 7.24. The highest BCUT2D eigenvalue weighted by molar-refractivity contribution is 8.01. The van der Waals surface area contributed by atoms with Gasteiger partial charge in [-0.15, -0.1) is 16.6 Å². The fourth-order valence-corrected chi connectivity index (χ4v) is 5.78. The summed E-state index contributed by atoms with van der Waals surface area (Å²) in [4.78, 5) is 14.7. The number of thioether (sulfide) groups is 1. The lowest BCUT2D eigenvalue weighted by molar-refractivity contribution is -0.116. The van der Waals surface area contributed by atoms with Crippen molar-refractivity contribution in [2.24, 2.45) is 5.73 Å². The number of hydrogen-bond donors (Lipinski definition) is 1. The summed E-state index contributed by atoms with van der Waals surface area (Å²) in [5, 5.41) is 22.8. The second-order valence-corrected chi connectivity index (χ2v) is 9.17. The summed E-state index contributed by atoms with van der Waals surface area (Å²) >= 11 is 4.31. The van der Waals surface area contributed by atoms with Crippen molar-refractivity contribution in [2.45, 2.75) is 29.5 Å². The van der Waals surface area contributed by atoms with Crippen LogP contribution in [0.15, 0.2) is 43.8 Å². The molecule has 1 atom stereocenters. The molecule has 1 unspecified atom stereocenters. The van der Waals surface area contributed by atoms with E-state index in [1.807, 2.05) is 16.8 Å². The van der Waals surface area contributed by atoms with Crippen LogP contribution >= 0.6 is 34.4 Å². The van der Waals surface area contributed by atoms with Crippen molar-refractivity contribution in [2.75, 3.05) is 10.7 Å². The Morgan fingerprint density at radius 1 is 1.43 bits per heavy atom. The Balaban J connectivity index is 1.86. The van der Waals surface area contributed by atoms with E-state index < -0.39 is 5.92 Å². The predicted molar refractivity (Wildman–Crippen MR) is 112 cm³/mol. The molecule has 2 aliphatic rings. The number of Topliss-reactive ketones (excluding diaryl/α,β-unsaturated/α-hetero) is 1. The maximum Gasteiger partial charge on any atom is 0.219 e. The minimum absolute atomic E-state index is 0.0640. The van der Waals surface area contributed by atoms with Gasteiger partial charge in [0.15, 0.2) is 10.1 Å². The lowest BCUT2D eigenvalue weighted by Crippen LogP contribution is -2.38. The number of hydrogen-bond acceptors (Lipinski definition) is 9. The molecule has 0 amide bonds. The molecular formula is C19H15N5OS3. The van der Waals surface area contributed by atoms with Gasteiger partial charge in [-0.2, -0.15) is 16.6 Å². The fraction of sp³-hybridized carbons (Fsp3) is 0.263. The molecule has 0 saturated heterocycles. The molecule has 2 aromatic rings. The Kier molecular flexibility index (Phi) is 5.23. The van der Waals surface area contributed by atoms with Gasteiger partial charge in [0.2, 0.25) is 5.13 Å². The quantitative estimate of drug-likeness (QED) is 0.590. The number of terminal acetylenes is 1. The number of ketones is 1. The van der Waals surface area contributed by atoms with Gasteiger partial charge in [-0.25, -0.2) is 0 Å². The average Bonchev–Trinajstić information content (AvgIpc) is 3.38. The van der Waals surface area contributed by atoms with Gasteiger partial charge in [0.25, 0.3) is 0 Å². The van der Waals surface area contributed by atoms with Crippen LogP contribution in [0.1, 0.15) is 30.7 Å². The van der Waals surface area contributed by atoms with E-state index >= 15 is 0 Å². The predicted octanol–water partition coefficient (Wildman–Crippen LogP) is 3.63. The summed E-state index contributed by atoms with van der Waals surface area (Å²) in [6, 6.07) is 4.19. The van der Waals surface area contributed by atoms with E-state index in [0.29, 0.717) is 40.7 Å². The fourth-order valence-electron chi connectivity index (χ4n) is 3.53. The first-order valence-corrected chi connectivity index (χ1v) is 11.3. The first kappa shape index (κ1) is 18.8. The summed E-state index contributed by atoms with van der Waals surface area (Å²) in [7, 11) is 0. The van der Waals surface area contributed by atoms with Crippen molar-refractivity contribution < 1.29 is 4.79 Å². The topological polar surface area (TPSA) is 95.9 Å². The monoisotopic (exact) mass is 425 g/mol. The van der Waals surface area contributed by atoms with Crippen LogP contribution in [0.3, 0.4) is 0 Å². The van der Waals surface area contributed by atoms with Crippen molar-refractivity contribution in [3.63, 3.8) is 0 Å². The molecule has 28 heavy (non-hydrogen) atoms. The third-order valence-corrected chi connectivity index (χ3v) is 7.30. The number of nitrogens with zero attached hydrogens (tertiary/aromatic N) is 4. The van der Waals surface area contributed by atoms with Crippen molar-refractivity contribution in [3.8, 4) is 18.4 Å². The maximum atomic E-state index is 12.9. The molecule has 0 aromatic carbocycles. The third kappa shape index (κ3) is 3.12. The van der Waals surface area contributed by atoms with E-state index in [4.69, 9.17) is 12.2 Å². The van der Waals surface area contributed by atoms with Crippen LogP contribution in [-0.4, -0.2) is 21.7 Å². The molecule has 2 N–H and O–H groups in total. The molecular weight excluding hydrogens is 410 g/mol. The van der Waals surface area contributed by atoms with Gasteiger partial charge >= 0.3 is 0 Å². The normalized spacial score (nSPS) is 19.4. The second kappa shape index (κ2) is 7.80. The van der Waals surface area contributed by atoms with Crippen LogP contribution in [0, 0.1) is 23.7 Å². The lowest BCUT2D eigenvalue weighted by Gasteiger charge is -2.37. The van der Waals surface area contributed by atoms with E-state index in [9.17, 15) is 10.1 Å². The van der Waals surface area contributed by atoms with Crippen molar-refractivity contribution in [3.05, 3.63) is 45.1 Å². The summed E-state index contributed by atoms with van der Waals surface area (Å²) < 4.78 is 0.725. The van der Waals surface area contributed by atoms with Crippen LogP contribution in [0.5, 0.6) is 0 Å². The van der Waals surface area contributed by atoms with Gasteiger partial charge in [0, 0.05) is 17.7 Å². The van der Waals surface area contributed by atoms with E-state index in [2.05, 4.69) is 22.2 Å². The highest BCUT2D eigenvalue weighted by atomic mass is 32.2. The number of carbonyl (C=O) groups excluding carboxylic acids is 1. The molecule has 0 spiro atoms. The zero-order chi connectivity index (χ0) is 19.7. The minimum Gasteiger partial charge on any atom is -0.384 e. The van der Waals surface area contributed by atoms with E-state index in [1.54, 1.807) is 4.90 Å². The number of thiophene rings is 1.